The molecule has 0 N–H and O–H groups in total. The van der Waals surface area contributed by atoms with Crippen LogP contribution in [0.15, 0.2) is 48.5 Å². The van der Waals surface area contributed by atoms with E-state index in [9.17, 15) is 0 Å². The zero-order chi connectivity index (χ0) is 13.3. The first-order valence-corrected chi connectivity index (χ1v) is 7.45. The zero-order valence-electron chi connectivity index (χ0n) is 12.9. The molecule has 2 aromatic carbocycles. The predicted octanol–water partition coefficient (Wildman–Crippen LogP) is 2.29. The van der Waals surface area contributed by atoms with Crippen molar-refractivity contribution in [3.8, 4) is 11.1 Å². The molecule has 0 nitrogen and oxygen atoms in total. The van der Waals surface area contributed by atoms with Crippen molar-refractivity contribution < 1.29 is 17.0 Å². The molecule has 0 fully saturated rings. The molecular formula is C19H23BrMg. The number of unbranched alkanes of at least 4 members (excludes halogenated alkanes) is 4. The van der Waals surface area contributed by atoms with E-state index in [0.29, 0.717) is 0 Å². The molecule has 0 aromatic heterocycles. The van der Waals surface area contributed by atoms with Gasteiger partial charge in [-0.1, -0.05) is 56.9 Å². The Hall–Kier alpha value is -0.314. The summed E-state index contributed by atoms with van der Waals surface area (Å²) in [6, 6.07) is 20.2. The normalized spacial score (nSPS) is 9.57. The Morgan fingerprint density at radius 3 is 1.95 bits per heavy atom. The molecule has 0 amide bonds. The van der Waals surface area contributed by atoms with E-state index in [2.05, 4.69) is 49.4 Å². The summed E-state index contributed by atoms with van der Waals surface area (Å²) in [6.45, 7) is 2.26. The number of aryl methyl sites for hydroxylation is 1. The van der Waals surface area contributed by atoms with Gasteiger partial charge in [-0.3, -0.25) is 0 Å². The summed E-state index contributed by atoms with van der Waals surface area (Å²) < 4.78 is 0. The topological polar surface area (TPSA) is 0 Å². The van der Waals surface area contributed by atoms with Gasteiger partial charge in [0.1, 0.15) is 0 Å². The van der Waals surface area contributed by atoms with E-state index in [0.717, 1.165) is 0 Å². The molecule has 0 aliphatic heterocycles. The summed E-state index contributed by atoms with van der Waals surface area (Å²) in [7, 11) is 0. The van der Waals surface area contributed by atoms with Crippen LogP contribution in [0.25, 0.3) is 11.1 Å². The van der Waals surface area contributed by atoms with Gasteiger partial charge in [0, 0.05) is 0 Å². The summed E-state index contributed by atoms with van der Waals surface area (Å²) in [5.41, 5.74) is 4.03. The van der Waals surface area contributed by atoms with Crippen molar-refractivity contribution in [2.45, 2.75) is 45.4 Å². The standard InChI is InChI=1S/C19H23.BrH.Mg/c1-2-3-4-5-7-10-17-13-15-19(16-14-17)18-11-8-6-9-12-18;;/h8-9,11-16H,2-5,7,10H2,1H3;1H;/q-1;;+2/p-1. The SMILES string of the molecule is CCCCCCCc1ccc(-c2cc[c-]cc2)cc1.[Br-].[Mg+2]. The maximum atomic E-state index is 3.06. The van der Waals surface area contributed by atoms with Crippen LogP contribution < -0.4 is 17.0 Å². The fraction of sp³-hybridized carbons (Fsp3) is 0.368. The number of benzene rings is 2. The Balaban J connectivity index is 0.00000200. The third-order valence-electron chi connectivity index (χ3n) is 3.57. The molecule has 0 bridgehead atoms. The quantitative estimate of drug-likeness (QED) is 0.406. The minimum Gasteiger partial charge on any atom is -1.00 e. The van der Waals surface area contributed by atoms with E-state index in [1.165, 1.54) is 55.2 Å². The second-order valence-corrected chi connectivity index (χ2v) is 5.15. The molecule has 2 rings (SSSR count). The molecule has 0 aliphatic carbocycles. The van der Waals surface area contributed by atoms with Gasteiger partial charge in [0.2, 0.25) is 0 Å². The fourth-order valence-corrected chi connectivity index (χ4v) is 2.38. The van der Waals surface area contributed by atoms with Gasteiger partial charge in [0.05, 0.1) is 0 Å². The Morgan fingerprint density at radius 2 is 1.33 bits per heavy atom. The molecule has 0 saturated heterocycles. The monoisotopic (exact) mass is 354 g/mol. The van der Waals surface area contributed by atoms with Crippen LogP contribution in [0.3, 0.4) is 0 Å². The van der Waals surface area contributed by atoms with Crippen LogP contribution in [0, 0.1) is 6.07 Å². The smallest absolute Gasteiger partial charge is 1.00 e. The average molecular weight is 356 g/mol. The van der Waals surface area contributed by atoms with Crippen LogP contribution in [0.4, 0.5) is 0 Å². The zero-order valence-corrected chi connectivity index (χ0v) is 15.9. The molecule has 0 heterocycles. The Morgan fingerprint density at radius 1 is 0.762 bits per heavy atom. The van der Waals surface area contributed by atoms with Crippen LogP contribution in [-0.4, -0.2) is 23.1 Å². The van der Waals surface area contributed by atoms with Crippen molar-refractivity contribution in [3.63, 3.8) is 0 Å². The van der Waals surface area contributed by atoms with Crippen molar-refractivity contribution >= 4 is 23.1 Å². The molecule has 21 heavy (non-hydrogen) atoms. The molecule has 0 radical (unpaired) electrons. The molecule has 0 spiro atoms. The van der Waals surface area contributed by atoms with Crippen LogP contribution in [-0.2, 0) is 6.42 Å². The van der Waals surface area contributed by atoms with Crippen molar-refractivity contribution in [2.75, 3.05) is 0 Å². The van der Waals surface area contributed by atoms with Gasteiger partial charge in [0.25, 0.3) is 0 Å². The number of hydrogen-bond acceptors (Lipinski definition) is 0. The fourth-order valence-electron chi connectivity index (χ4n) is 2.38. The van der Waals surface area contributed by atoms with Crippen LogP contribution >= 0.6 is 0 Å². The minimum atomic E-state index is 0. The van der Waals surface area contributed by atoms with Gasteiger partial charge < -0.3 is 17.0 Å². The number of rotatable bonds is 7. The predicted molar refractivity (Wildman–Crippen MR) is 88.9 cm³/mol. The minimum absolute atomic E-state index is 0. The molecule has 0 atom stereocenters. The maximum Gasteiger partial charge on any atom is 2.00 e. The van der Waals surface area contributed by atoms with Gasteiger partial charge in [-0.05, 0) is 24.0 Å². The van der Waals surface area contributed by atoms with Crippen LogP contribution in [0.2, 0.25) is 0 Å². The van der Waals surface area contributed by atoms with E-state index in [-0.39, 0.29) is 40.0 Å². The first kappa shape index (κ1) is 20.7. The van der Waals surface area contributed by atoms with E-state index in [1.807, 2.05) is 12.1 Å². The van der Waals surface area contributed by atoms with Crippen LogP contribution in [0.5, 0.6) is 0 Å². The third-order valence-corrected chi connectivity index (χ3v) is 3.57. The van der Waals surface area contributed by atoms with Gasteiger partial charge in [0.15, 0.2) is 0 Å². The second kappa shape index (κ2) is 12.3. The molecule has 108 valence electrons. The first-order valence-electron chi connectivity index (χ1n) is 7.45. The van der Waals surface area contributed by atoms with Crippen molar-refractivity contribution in [1.29, 1.82) is 0 Å². The first-order chi connectivity index (χ1) is 9.40. The molecule has 2 aromatic rings. The molecular weight excluding hydrogens is 332 g/mol. The van der Waals surface area contributed by atoms with E-state index < -0.39 is 0 Å². The van der Waals surface area contributed by atoms with E-state index in [4.69, 9.17) is 0 Å². The van der Waals surface area contributed by atoms with Gasteiger partial charge in [-0.15, -0.1) is 5.56 Å². The summed E-state index contributed by atoms with van der Waals surface area (Å²) in [4.78, 5) is 0. The molecule has 0 saturated carbocycles. The Labute approximate surface area is 156 Å². The van der Waals surface area contributed by atoms with Crippen LogP contribution in [0.1, 0.15) is 44.6 Å². The number of halogens is 1. The Kier molecular flexibility index (Phi) is 12.1. The van der Waals surface area contributed by atoms with Crippen molar-refractivity contribution in [3.05, 3.63) is 60.2 Å². The van der Waals surface area contributed by atoms with Gasteiger partial charge >= 0.3 is 23.1 Å². The van der Waals surface area contributed by atoms with Crippen molar-refractivity contribution in [1.82, 2.24) is 0 Å². The van der Waals surface area contributed by atoms with E-state index in [1.54, 1.807) is 0 Å². The Bertz CT molecular complexity index is 465. The summed E-state index contributed by atoms with van der Waals surface area (Å²) in [6.07, 6.45) is 7.98. The third kappa shape index (κ3) is 7.48. The maximum absolute atomic E-state index is 3.06. The average Bonchev–Trinajstić information content (AvgIpc) is 2.49. The van der Waals surface area contributed by atoms with E-state index >= 15 is 0 Å². The summed E-state index contributed by atoms with van der Waals surface area (Å²) in [5.74, 6) is 0. The largest absolute Gasteiger partial charge is 2.00 e. The molecule has 2 heteroatoms. The molecule has 0 unspecified atom stereocenters. The number of hydrogen-bond donors (Lipinski definition) is 0. The summed E-state index contributed by atoms with van der Waals surface area (Å²) in [5, 5.41) is 0. The van der Waals surface area contributed by atoms with Gasteiger partial charge in [-0.25, -0.2) is 0 Å². The second-order valence-electron chi connectivity index (χ2n) is 5.15. The summed E-state index contributed by atoms with van der Waals surface area (Å²) >= 11 is 0. The van der Waals surface area contributed by atoms with Gasteiger partial charge in [-0.2, -0.15) is 30.3 Å². The van der Waals surface area contributed by atoms with Crippen molar-refractivity contribution in [2.24, 2.45) is 0 Å². The molecule has 0 aliphatic rings.